The molecule has 0 saturated heterocycles. The molecule has 1 aliphatic rings. The van der Waals surface area contributed by atoms with Crippen molar-refractivity contribution in [2.24, 2.45) is 11.7 Å². The molecule has 2 heteroatoms. The van der Waals surface area contributed by atoms with E-state index in [1.54, 1.807) is 7.11 Å². The molecular weight excluding hydrogens is 102 g/mol. The highest BCUT2D eigenvalue weighted by atomic mass is 16.5. The Kier molecular flexibility index (Phi) is 1.86. The molecular formula is C6H13NO. The summed E-state index contributed by atoms with van der Waals surface area (Å²) in [6, 6.07) is 0. The highest BCUT2D eigenvalue weighted by molar-refractivity contribution is 4.79. The molecule has 0 radical (unpaired) electrons. The summed E-state index contributed by atoms with van der Waals surface area (Å²) >= 11 is 0. The first kappa shape index (κ1) is 6.05. The van der Waals surface area contributed by atoms with E-state index in [1.165, 1.54) is 12.8 Å². The van der Waals surface area contributed by atoms with E-state index in [1.807, 2.05) is 0 Å². The first-order valence-corrected chi connectivity index (χ1v) is 3.09. The molecule has 0 unspecified atom stereocenters. The quantitative estimate of drug-likeness (QED) is 0.564. The molecule has 1 saturated carbocycles. The van der Waals surface area contributed by atoms with E-state index in [9.17, 15) is 0 Å². The summed E-state index contributed by atoms with van der Waals surface area (Å²) in [5.74, 6) is 0.750. The van der Waals surface area contributed by atoms with Gasteiger partial charge in [-0.1, -0.05) is 0 Å². The van der Waals surface area contributed by atoms with Gasteiger partial charge in [0.05, 0.1) is 6.10 Å². The lowest BCUT2D eigenvalue weighted by Gasteiger charge is -2.32. The Bertz CT molecular complexity index is 60.9. The predicted molar refractivity (Wildman–Crippen MR) is 32.6 cm³/mol. The number of hydrogen-bond acceptors (Lipinski definition) is 2. The van der Waals surface area contributed by atoms with Crippen LogP contribution in [0.5, 0.6) is 0 Å². The lowest BCUT2D eigenvalue weighted by Crippen LogP contribution is -2.34. The molecule has 1 aliphatic carbocycles. The topological polar surface area (TPSA) is 35.2 Å². The molecule has 2 N–H and O–H groups in total. The van der Waals surface area contributed by atoms with E-state index in [4.69, 9.17) is 10.5 Å². The smallest absolute Gasteiger partial charge is 0.0577 e. The summed E-state index contributed by atoms with van der Waals surface area (Å²) in [5, 5.41) is 0. The van der Waals surface area contributed by atoms with Crippen LogP contribution in [0, 0.1) is 5.92 Å². The molecule has 0 spiro atoms. The van der Waals surface area contributed by atoms with Crippen molar-refractivity contribution in [3.63, 3.8) is 0 Å². The maximum Gasteiger partial charge on any atom is 0.0577 e. The highest BCUT2D eigenvalue weighted by Crippen LogP contribution is 2.27. The average Bonchev–Trinajstić information content (AvgIpc) is 1.65. The minimum absolute atomic E-state index is 0.517. The van der Waals surface area contributed by atoms with E-state index < -0.39 is 0 Å². The third-order valence-electron chi connectivity index (χ3n) is 1.86. The number of methoxy groups -OCH3 is 1. The van der Waals surface area contributed by atoms with Crippen molar-refractivity contribution in [3.8, 4) is 0 Å². The zero-order valence-corrected chi connectivity index (χ0v) is 5.26. The minimum Gasteiger partial charge on any atom is -0.381 e. The zero-order chi connectivity index (χ0) is 5.98. The lowest BCUT2D eigenvalue weighted by molar-refractivity contribution is 0.00431. The van der Waals surface area contributed by atoms with Crippen LogP contribution in [0.4, 0.5) is 0 Å². The summed E-state index contributed by atoms with van der Waals surface area (Å²) in [5.41, 5.74) is 5.40. The maximum atomic E-state index is 5.40. The molecule has 0 atom stereocenters. The Morgan fingerprint density at radius 3 is 2.62 bits per heavy atom. The van der Waals surface area contributed by atoms with E-state index in [2.05, 4.69) is 0 Å². The van der Waals surface area contributed by atoms with Gasteiger partial charge in [-0.15, -0.1) is 0 Å². The number of rotatable bonds is 2. The van der Waals surface area contributed by atoms with Gasteiger partial charge in [-0.05, 0) is 25.3 Å². The Morgan fingerprint density at radius 2 is 2.25 bits per heavy atom. The van der Waals surface area contributed by atoms with Crippen molar-refractivity contribution >= 4 is 0 Å². The van der Waals surface area contributed by atoms with Crippen LogP contribution in [-0.4, -0.2) is 19.8 Å². The maximum absolute atomic E-state index is 5.40. The fraction of sp³-hybridized carbons (Fsp3) is 1.00. The summed E-state index contributed by atoms with van der Waals surface area (Å²) < 4.78 is 5.06. The van der Waals surface area contributed by atoms with Crippen molar-refractivity contribution in [3.05, 3.63) is 0 Å². The van der Waals surface area contributed by atoms with Crippen LogP contribution in [0.1, 0.15) is 12.8 Å². The highest BCUT2D eigenvalue weighted by Gasteiger charge is 2.26. The first-order chi connectivity index (χ1) is 3.86. The number of nitrogens with two attached hydrogens (primary N) is 1. The number of ether oxygens (including phenoxy) is 1. The van der Waals surface area contributed by atoms with Crippen LogP contribution < -0.4 is 5.73 Å². The average molecular weight is 115 g/mol. The van der Waals surface area contributed by atoms with Gasteiger partial charge < -0.3 is 10.5 Å². The van der Waals surface area contributed by atoms with Crippen molar-refractivity contribution in [1.82, 2.24) is 0 Å². The third kappa shape index (κ3) is 1.01. The molecule has 0 aliphatic heterocycles. The standard InChI is InChI=1S/C6H13NO/c1-8-6-2-5(3-6)4-7/h5-6H,2-4,7H2,1H3/t5-,6-. The Labute approximate surface area is 50.0 Å². The molecule has 2 nitrogen and oxygen atoms in total. The largest absolute Gasteiger partial charge is 0.381 e. The van der Waals surface area contributed by atoms with Gasteiger partial charge >= 0.3 is 0 Å². The van der Waals surface area contributed by atoms with Gasteiger partial charge in [0.25, 0.3) is 0 Å². The Hall–Kier alpha value is -0.0800. The van der Waals surface area contributed by atoms with E-state index in [0.29, 0.717) is 6.10 Å². The second kappa shape index (κ2) is 2.46. The Morgan fingerprint density at radius 1 is 1.62 bits per heavy atom. The van der Waals surface area contributed by atoms with Crippen LogP contribution in [0.15, 0.2) is 0 Å². The van der Waals surface area contributed by atoms with Crippen LogP contribution >= 0.6 is 0 Å². The molecule has 1 fully saturated rings. The van der Waals surface area contributed by atoms with Gasteiger partial charge in [0.1, 0.15) is 0 Å². The fourth-order valence-corrected chi connectivity index (χ4v) is 1.06. The fourth-order valence-electron chi connectivity index (χ4n) is 1.06. The van der Waals surface area contributed by atoms with Gasteiger partial charge in [0, 0.05) is 7.11 Å². The van der Waals surface area contributed by atoms with Crippen molar-refractivity contribution in [1.29, 1.82) is 0 Å². The van der Waals surface area contributed by atoms with Crippen LogP contribution in [0.25, 0.3) is 0 Å². The number of hydrogen-bond donors (Lipinski definition) is 1. The Balaban J connectivity index is 2.03. The monoisotopic (exact) mass is 115 g/mol. The second-order valence-electron chi connectivity index (χ2n) is 2.43. The SMILES string of the molecule is CO[C@H]1C[C@H](CN)C1. The zero-order valence-electron chi connectivity index (χ0n) is 5.26. The van der Waals surface area contributed by atoms with Crippen LogP contribution in [-0.2, 0) is 4.74 Å². The van der Waals surface area contributed by atoms with E-state index in [-0.39, 0.29) is 0 Å². The van der Waals surface area contributed by atoms with E-state index >= 15 is 0 Å². The van der Waals surface area contributed by atoms with Crippen molar-refractivity contribution in [2.75, 3.05) is 13.7 Å². The third-order valence-corrected chi connectivity index (χ3v) is 1.86. The van der Waals surface area contributed by atoms with Gasteiger partial charge in [-0.2, -0.15) is 0 Å². The molecule has 0 aromatic carbocycles. The normalized spacial score (nSPS) is 36.8. The second-order valence-corrected chi connectivity index (χ2v) is 2.43. The lowest BCUT2D eigenvalue weighted by atomic mass is 9.82. The molecule has 0 bridgehead atoms. The van der Waals surface area contributed by atoms with Crippen LogP contribution in [0.3, 0.4) is 0 Å². The summed E-state index contributed by atoms with van der Waals surface area (Å²) in [6.07, 6.45) is 2.86. The predicted octanol–water partition coefficient (Wildman–Crippen LogP) is 0.370. The van der Waals surface area contributed by atoms with E-state index in [0.717, 1.165) is 12.5 Å². The molecule has 1 rings (SSSR count). The van der Waals surface area contributed by atoms with Crippen molar-refractivity contribution in [2.45, 2.75) is 18.9 Å². The van der Waals surface area contributed by atoms with Gasteiger partial charge in [0.15, 0.2) is 0 Å². The molecule has 48 valence electrons. The molecule has 0 amide bonds. The van der Waals surface area contributed by atoms with Gasteiger partial charge in [-0.3, -0.25) is 0 Å². The molecule has 0 heterocycles. The van der Waals surface area contributed by atoms with Crippen molar-refractivity contribution < 1.29 is 4.74 Å². The molecule has 0 aromatic rings. The summed E-state index contributed by atoms with van der Waals surface area (Å²) in [7, 11) is 1.76. The first-order valence-electron chi connectivity index (χ1n) is 3.09. The minimum atomic E-state index is 0.517. The molecule has 0 aromatic heterocycles. The summed E-state index contributed by atoms with van der Waals surface area (Å²) in [4.78, 5) is 0. The van der Waals surface area contributed by atoms with Crippen LogP contribution in [0.2, 0.25) is 0 Å². The van der Waals surface area contributed by atoms with Gasteiger partial charge in [0.2, 0.25) is 0 Å². The molecule has 8 heavy (non-hydrogen) atoms. The van der Waals surface area contributed by atoms with Gasteiger partial charge in [-0.25, -0.2) is 0 Å². The summed E-state index contributed by atoms with van der Waals surface area (Å²) in [6.45, 7) is 0.833.